The number of hydrogen-bond acceptors (Lipinski definition) is 2. The summed E-state index contributed by atoms with van der Waals surface area (Å²) in [4.78, 5) is 2.35. The van der Waals surface area contributed by atoms with E-state index in [4.69, 9.17) is 11.6 Å². The second-order valence-corrected chi connectivity index (χ2v) is 5.87. The molecule has 1 rings (SSSR count). The SMILES string of the molecule is CCC(C)(CNC)CN(C)Cc1ccccc1Cl. The Morgan fingerprint density at radius 1 is 1.33 bits per heavy atom. The largest absolute Gasteiger partial charge is 0.319 e. The minimum atomic E-state index is 0.310. The van der Waals surface area contributed by atoms with Crippen LogP contribution in [-0.2, 0) is 6.54 Å². The predicted molar refractivity (Wildman–Crippen MR) is 80.1 cm³/mol. The second-order valence-electron chi connectivity index (χ2n) is 5.46. The zero-order valence-corrected chi connectivity index (χ0v) is 12.7. The molecule has 1 N–H and O–H groups in total. The molecule has 0 aliphatic carbocycles. The smallest absolute Gasteiger partial charge is 0.0451 e. The Morgan fingerprint density at radius 3 is 2.56 bits per heavy atom. The van der Waals surface area contributed by atoms with E-state index in [0.29, 0.717) is 5.41 Å². The van der Waals surface area contributed by atoms with E-state index in [-0.39, 0.29) is 0 Å². The molecule has 3 heteroatoms. The fourth-order valence-electron chi connectivity index (χ4n) is 2.34. The van der Waals surface area contributed by atoms with Gasteiger partial charge < -0.3 is 10.2 Å². The fourth-order valence-corrected chi connectivity index (χ4v) is 2.54. The van der Waals surface area contributed by atoms with E-state index in [0.717, 1.165) is 24.7 Å². The van der Waals surface area contributed by atoms with Crippen LogP contribution in [0.4, 0.5) is 0 Å². The molecule has 0 saturated carbocycles. The first kappa shape index (κ1) is 15.5. The van der Waals surface area contributed by atoms with Gasteiger partial charge in [0.1, 0.15) is 0 Å². The van der Waals surface area contributed by atoms with E-state index in [1.165, 1.54) is 12.0 Å². The van der Waals surface area contributed by atoms with Crippen LogP contribution in [0.25, 0.3) is 0 Å². The van der Waals surface area contributed by atoms with E-state index in [1.54, 1.807) is 0 Å². The Balaban J connectivity index is 2.61. The van der Waals surface area contributed by atoms with Crippen molar-refractivity contribution in [2.45, 2.75) is 26.8 Å². The molecule has 1 aromatic rings. The van der Waals surface area contributed by atoms with Gasteiger partial charge in [-0.15, -0.1) is 0 Å². The standard InChI is InChI=1S/C15H25ClN2/c1-5-15(2,11-17-3)12-18(4)10-13-8-6-7-9-14(13)16/h6-9,17H,5,10-12H2,1-4H3. The monoisotopic (exact) mass is 268 g/mol. The summed E-state index contributed by atoms with van der Waals surface area (Å²) < 4.78 is 0. The molecular weight excluding hydrogens is 244 g/mol. The summed E-state index contributed by atoms with van der Waals surface area (Å²) >= 11 is 6.20. The minimum Gasteiger partial charge on any atom is -0.319 e. The first-order chi connectivity index (χ1) is 8.50. The number of halogens is 1. The summed E-state index contributed by atoms with van der Waals surface area (Å²) in [6.45, 7) is 7.58. The molecule has 1 atom stereocenters. The van der Waals surface area contributed by atoms with Gasteiger partial charge in [-0.05, 0) is 37.6 Å². The van der Waals surface area contributed by atoms with Crippen LogP contribution in [0.3, 0.4) is 0 Å². The minimum absolute atomic E-state index is 0.310. The van der Waals surface area contributed by atoms with Crippen molar-refractivity contribution < 1.29 is 0 Å². The molecule has 0 spiro atoms. The first-order valence-corrected chi connectivity index (χ1v) is 6.95. The summed E-state index contributed by atoms with van der Waals surface area (Å²) in [5.74, 6) is 0. The summed E-state index contributed by atoms with van der Waals surface area (Å²) in [6.07, 6.45) is 1.17. The van der Waals surface area contributed by atoms with Crippen LogP contribution >= 0.6 is 11.6 Å². The Bertz CT molecular complexity index is 367. The Labute approximate surface area is 116 Å². The highest BCUT2D eigenvalue weighted by molar-refractivity contribution is 6.31. The molecule has 0 bridgehead atoms. The van der Waals surface area contributed by atoms with Crippen molar-refractivity contribution >= 4 is 11.6 Å². The summed E-state index contributed by atoms with van der Waals surface area (Å²) in [7, 11) is 4.18. The number of hydrogen-bond donors (Lipinski definition) is 1. The maximum atomic E-state index is 6.20. The van der Waals surface area contributed by atoms with E-state index < -0.39 is 0 Å². The molecule has 18 heavy (non-hydrogen) atoms. The molecule has 0 heterocycles. The number of nitrogens with zero attached hydrogens (tertiary/aromatic N) is 1. The molecule has 0 aliphatic heterocycles. The summed E-state index contributed by atoms with van der Waals surface area (Å²) in [5.41, 5.74) is 1.51. The highest BCUT2D eigenvalue weighted by atomic mass is 35.5. The molecule has 0 aromatic heterocycles. The van der Waals surface area contributed by atoms with Gasteiger partial charge in [-0.1, -0.05) is 43.6 Å². The number of benzene rings is 1. The van der Waals surface area contributed by atoms with Gasteiger partial charge in [-0.3, -0.25) is 0 Å². The molecule has 1 unspecified atom stereocenters. The number of nitrogens with one attached hydrogen (secondary N) is 1. The zero-order valence-electron chi connectivity index (χ0n) is 12.0. The quantitative estimate of drug-likeness (QED) is 0.815. The lowest BCUT2D eigenvalue weighted by Gasteiger charge is -2.33. The lowest BCUT2D eigenvalue weighted by molar-refractivity contribution is 0.178. The second kappa shape index (κ2) is 7.13. The third-order valence-electron chi connectivity index (χ3n) is 3.51. The molecular formula is C15H25ClN2. The molecule has 2 nitrogen and oxygen atoms in total. The predicted octanol–water partition coefficient (Wildman–Crippen LogP) is 3.41. The molecule has 0 aliphatic rings. The van der Waals surface area contributed by atoms with Crippen LogP contribution in [-0.4, -0.2) is 32.1 Å². The Kier molecular flexibility index (Phi) is 6.13. The summed E-state index contributed by atoms with van der Waals surface area (Å²) in [5, 5.41) is 4.14. The van der Waals surface area contributed by atoms with Gasteiger partial charge in [-0.2, -0.15) is 0 Å². The van der Waals surface area contributed by atoms with Crippen LogP contribution in [0, 0.1) is 5.41 Å². The van der Waals surface area contributed by atoms with Crippen LogP contribution in [0.2, 0.25) is 5.02 Å². The summed E-state index contributed by atoms with van der Waals surface area (Å²) in [6, 6.07) is 8.07. The van der Waals surface area contributed by atoms with Crippen molar-refractivity contribution in [1.29, 1.82) is 0 Å². The van der Waals surface area contributed by atoms with E-state index in [1.807, 2.05) is 25.2 Å². The van der Waals surface area contributed by atoms with Gasteiger partial charge in [0.05, 0.1) is 0 Å². The van der Waals surface area contributed by atoms with Crippen molar-refractivity contribution in [2.24, 2.45) is 5.41 Å². The maximum Gasteiger partial charge on any atom is 0.0451 e. The van der Waals surface area contributed by atoms with Crippen molar-refractivity contribution in [3.8, 4) is 0 Å². The van der Waals surface area contributed by atoms with Crippen molar-refractivity contribution in [3.05, 3.63) is 34.9 Å². The first-order valence-electron chi connectivity index (χ1n) is 6.57. The molecule has 0 fully saturated rings. The topological polar surface area (TPSA) is 15.3 Å². The van der Waals surface area contributed by atoms with Crippen LogP contribution in [0.1, 0.15) is 25.8 Å². The van der Waals surface area contributed by atoms with Gasteiger partial charge >= 0.3 is 0 Å². The molecule has 1 aromatic carbocycles. The lowest BCUT2D eigenvalue weighted by Crippen LogP contribution is -2.39. The van der Waals surface area contributed by atoms with Gasteiger partial charge in [0, 0.05) is 24.7 Å². The van der Waals surface area contributed by atoms with Crippen LogP contribution < -0.4 is 5.32 Å². The zero-order chi connectivity index (χ0) is 13.6. The van der Waals surface area contributed by atoms with Crippen molar-refractivity contribution in [1.82, 2.24) is 10.2 Å². The Hall–Kier alpha value is -0.570. The van der Waals surface area contributed by atoms with Crippen LogP contribution in [0.15, 0.2) is 24.3 Å². The highest BCUT2D eigenvalue weighted by Crippen LogP contribution is 2.23. The maximum absolute atomic E-state index is 6.20. The highest BCUT2D eigenvalue weighted by Gasteiger charge is 2.23. The van der Waals surface area contributed by atoms with Crippen molar-refractivity contribution in [2.75, 3.05) is 27.2 Å². The van der Waals surface area contributed by atoms with Crippen LogP contribution in [0.5, 0.6) is 0 Å². The van der Waals surface area contributed by atoms with Gasteiger partial charge in [0.15, 0.2) is 0 Å². The average molecular weight is 269 g/mol. The van der Waals surface area contributed by atoms with Gasteiger partial charge in [-0.25, -0.2) is 0 Å². The van der Waals surface area contributed by atoms with E-state index in [2.05, 4.69) is 37.2 Å². The normalized spacial score (nSPS) is 14.8. The van der Waals surface area contributed by atoms with Crippen molar-refractivity contribution in [3.63, 3.8) is 0 Å². The molecule has 0 amide bonds. The van der Waals surface area contributed by atoms with E-state index in [9.17, 15) is 0 Å². The Morgan fingerprint density at radius 2 is 2.00 bits per heavy atom. The third kappa shape index (κ3) is 4.60. The van der Waals surface area contributed by atoms with Gasteiger partial charge in [0.25, 0.3) is 0 Å². The molecule has 0 saturated heterocycles. The fraction of sp³-hybridized carbons (Fsp3) is 0.600. The molecule has 0 radical (unpaired) electrons. The van der Waals surface area contributed by atoms with E-state index >= 15 is 0 Å². The van der Waals surface area contributed by atoms with Gasteiger partial charge in [0.2, 0.25) is 0 Å². The third-order valence-corrected chi connectivity index (χ3v) is 3.88. The number of rotatable bonds is 7. The molecule has 102 valence electrons. The lowest BCUT2D eigenvalue weighted by atomic mass is 9.87. The average Bonchev–Trinajstić information content (AvgIpc) is 2.32.